The maximum Gasteiger partial charge on any atom is 0.264 e. The standard InChI is InChI=1S/C13H15ClN2O4S/c1-9(5-6-20-2)13(17)16-21(18,19)11-4-3-10(8-15)12(14)7-11/h3-4,7,9H,5-6H2,1-2H3,(H,16,17)/t9-/m0/s1. The van der Waals surface area contributed by atoms with Crippen molar-refractivity contribution in [3.63, 3.8) is 0 Å². The summed E-state index contributed by atoms with van der Waals surface area (Å²) in [5.74, 6) is -1.12. The third-order valence-corrected chi connectivity index (χ3v) is 4.47. The molecule has 1 N–H and O–H groups in total. The van der Waals surface area contributed by atoms with Crippen LogP contribution >= 0.6 is 11.6 Å². The second-order valence-electron chi connectivity index (χ2n) is 4.41. The van der Waals surface area contributed by atoms with Gasteiger partial charge in [0.25, 0.3) is 10.0 Å². The summed E-state index contributed by atoms with van der Waals surface area (Å²) in [7, 11) is -2.51. The minimum absolute atomic E-state index is 0.0141. The van der Waals surface area contributed by atoms with Crippen molar-refractivity contribution in [2.24, 2.45) is 5.92 Å². The lowest BCUT2D eigenvalue weighted by molar-refractivity contribution is -0.123. The fraction of sp³-hybridized carbons (Fsp3) is 0.385. The largest absolute Gasteiger partial charge is 0.385 e. The lowest BCUT2D eigenvalue weighted by atomic mass is 10.1. The number of methoxy groups -OCH3 is 1. The number of halogens is 1. The molecule has 0 aliphatic rings. The van der Waals surface area contributed by atoms with Gasteiger partial charge >= 0.3 is 0 Å². The van der Waals surface area contributed by atoms with Crippen LogP contribution in [0.2, 0.25) is 5.02 Å². The number of carbonyl (C=O) groups is 1. The summed E-state index contributed by atoms with van der Waals surface area (Å²) in [6, 6.07) is 5.47. The molecule has 0 unspecified atom stereocenters. The highest BCUT2D eigenvalue weighted by molar-refractivity contribution is 7.90. The van der Waals surface area contributed by atoms with E-state index in [0.717, 1.165) is 6.07 Å². The van der Waals surface area contributed by atoms with Crippen LogP contribution in [-0.4, -0.2) is 28.0 Å². The highest BCUT2D eigenvalue weighted by Gasteiger charge is 2.22. The Hall–Kier alpha value is -1.62. The van der Waals surface area contributed by atoms with Crippen molar-refractivity contribution >= 4 is 27.5 Å². The molecular weight excluding hydrogens is 316 g/mol. The van der Waals surface area contributed by atoms with Crippen LogP contribution < -0.4 is 4.72 Å². The van der Waals surface area contributed by atoms with E-state index in [0.29, 0.717) is 13.0 Å². The molecule has 0 saturated heterocycles. The number of nitrogens with zero attached hydrogens (tertiary/aromatic N) is 1. The van der Waals surface area contributed by atoms with Gasteiger partial charge in [0.2, 0.25) is 5.91 Å². The van der Waals surface area contributed by atoms with E-state index in [1.165, 1.54) is 19.2 Å². The Morgan fingerprint density at radius 1 is 1.52 bits per heavy atom. The maximum absolute atomic E-state index is 12.1. The summed E-state index contributed by atoms with van der Waals surface area (Å²) >= 11 is 5.79. The molecule has 0 aromatic heterocycles. The molecule has 0 bridgehead atoms. The summed E-state index contributed by atoms with van der Waals surface area (Å²) in [6.45, 7) is 1.97. The van der Waals surface area contributed by atoms with Crippen molar-refractivity contribution in [3.8, 4) is 6.07 Å². The highest BCUT2D eigenvalue weighted by atomic mass is 35.5. The highest BCUT2D eigenvalue weighted by Crippen LogP contribution is 2.20. The monoisotopic (exact) mass is 330 g/mol. The Balaban J connectivity index is 2.89. The fourth-order valence-electron chi connectivity index (χ4n) is 1.47. The van der Waals surface area contributed by atoms with Gasteiger partial charge in [0, 0.05) is 19.6 Å². The number of rotatable bonds is 6. The molecule has 6 nitrogen and oxygen atoms in total. The van der Waals surface area contributed by atoms with Crippen LogP contribution in [0.1, 0.15) is 18.9 Å². The number of hydrogen-bond acceptors (Lipinski definition) is 5. The smallest absolute Gasteiger partial charge is 0.264 e. The molecular formula is C13H15ClN2O4S. The van der Waals surface area contributed by atoms with Crippen molar-refractivity contribution in [2.75, 3.05) is 13.7 Å². The van der Waals surface area contributed by atoms with Gasteiger partial charge in [-0.1, -0.05) is 18.5 Å². The molecule has 1 rings (SSSR count). The summed E-state index contributed by atoms with van der Waals surface area (Å²) < 4.78 is 31.0. The first-order valence-corrected chi connectivity index (χ1v) is 7.93. The molecule has 0 fully saturated rings. The Morgan fingerprint density at radius 2 is 2.19 bits per heavy atom. The lowest BCUT2D eigenvalue weighted by Gasteiger charge is -2.12. The molecule has 0 aliphatic carbocycles. The zero-order valence-electron chi connectivity index (χ0n) is 11.6. The van der Waals surface area contributed by atoms with Gasteiger partial charge in [0.15, 0.2) is 0 Å². The molecule has 1 aromatic rings. The van der Waals surface area contributed by atoms with Gasteiger partial charge in [0.05, 0.1) is 15.5 Å². The van der Waals surface area contributed by atoms with E-state index in [1.54, 1.807) is 6.92 Å². The number of carbonyl (C=O) groups excluding carboxylic acids is 1. The molecule has 0 aliphatic heterocycles. The normalized spacial score (nSPS) is 12.5. The van der Waals surface area contributed by atoms with Crippen molar-refractivity contribution in [1.82, 2.24) is 4.72 Å². The molecule has 0 radical (unpaired) electrons. The second kappa shape index (κ2) is 7.41. The third kappa shape index (κ3) is 4.70. The SMILES string of the molecule is COCC[C@H](C)C(=O)NS(=O)(=O)c1ccc(C#N)c(Cl)c1. The van der Waals surface area contributed by atoms with Crippen LogP contribution in [0.3, 0.4) is 0 Å². The van der Waals surface area contributed by atoms with Crippen molar-refractivity contribution in [2.45, 2.75) is 18.2 Å². The van der Waals surface area contributed by atoms with E-state index in [2.05, 4.69) is 0 Å². The van der Waals surface area contributed by atoms with E-state index in [9.17, 15) is 13.2 Å². The Bertz CT molecular complexity index is 667. The molecule has 0 saturated carbocycles. The van der Waals surface area contributed by atoms with Crippen molar-refractivity contribution in [3.05, 3.63) is 28.8 Å². The van der Waals surface area contributed by atoms with E-state index < -0.39 is 21.8 Å². The molecule has 1 atom stereocenters. The van der Waals surface area contributed by atoms with Crippen molar-refractivity contribution < 1.29 is 17.9 Å². The van der Waals surface area contributed by atoms with Crippen LogP contribution in [0.5, 0.6) is 0 Å². The fourth-order valence-corrected chi connectivity index (χ4v) is 2.86. The summed E-state index contributed by atoms with van der Waals surface area (Å²) in [4.78, 5) is 11.6. The third-order valence-electron chi connectivity index (χ3n) is 2.81. The summed E-state index contributed by atoms with van der Waals surface area (Å²) in [6.07, 6.45) is 0.409. The second-order valence-corrected chi connectivity index (χ2v) is 6.50. The van der Waals surface area contributed by atoms with E-state index in [-0.39, 0.29) is 15.5 Å². The summed E-state index contributed by atoms with van der Waals surface area (Å²) in [5.41, 5.74) is 0.162. The number of sulfonamides is 1. The predicted molar refractivity (Wildman–Crippen MR) is 77.2 cm³/mol. The number of amides is 1. The van der Waals surface area contributed by atoms with Gasteiger partial charge < -0.3 is 4.74 Å². The molecule has 1 aromatic carbocycles. The van der Waals surface area contributed by atoms with E-state index >= 15 is 0 Å². The average molecular weight is 331 g/mol. The first-order valence-electron chi connectivity index (χ1n) is 6.07. The average Bonchev–Trinajstić information content (AvgIpc) is 2.44. The summed E-state index contributed by atoms with van der Waals surface area (Å²) in [5, 5.41) is 8.76. The first-order chi connectivity index (χ1) is 9.81. The van der Waals surface area contributed by atoms with Crippen LogP contribution in [0.15, 0.2) is 23.1 Å². The molecule has 8 heteroatoms. The molecule has 0 heterocycles. The van der Waals surface area contributed by atoms with Gasteiger partial charge in [-0.3, -0.25) is 4.79 Å². The van der Waals surface area contributed by atoms with Gasteiger partial charge in [-0.2, -0.15) is 5.26 Å². The zero-order valence-corrected chi connectivity index (χ0v) is 13.2. The van der Waals surface area contributed by atoms with Crippen molar-refractivity contribution in [1.29, 1.82) is 5.26 Å². The van der Waals surface area contributed by atoms with Gasteiger partial charge in [-0.05, 0) is 24.6 Å². The van der Waals surface area contributed by atoms with Crippen LogP contribution in [0.25, 0.3) is 0 Å². The van der Waals surface area contributed by atoms with Crippen LogP contribution in [0.4, 0.5) is 0 Å². The Kier molecular flexibility index (Phi) is 6.15. The van der Waals surface area contributed by atoms with E-state index in [1.807, 2.05) is 10.8 Å². The number of nitrogens with one attached hydrogen (secondary N) is 1. The molecule has 114 valence electrons. The lowest BCUT2D eigenvalue weighted by Crippen LogP contribution is -2.35. The topological polar surface area (TPSA) is 96.3 Å². The van der Waals surface area contributed by atoms with Crippen LogP contribution in [0, 0.1) is 17.2 Å². The molecule has 0 spiro atoms. The van der Waals surface area contributed by atoms with Gasteiger partial charge in [-0.15, -0.1) is 0 Å². The minimum Gasteiger partial charge on any atom is -0.385 e. The number of benzene rings is 1. The minimum atomic E-state index is -4.01. The van der Waals surface area contributed by atoms with E-state index in [4.69, 9.17) is 21.6 Å². The number of ether oxygens (including phenoxy) is 1. The zero-order chi connectivity index (χ0) is 16.0. The maximum atomic E-state index is 12.1. The number of hydrogen-bond donors (Lipinski definition) is 1. The van der Waals surface area contributed by atoms with Crippen LogP contribution in [-0.2, 0) is 19.6 Å². The quantitative estimate of drug-likeness (QED) is 0.856. The molecule has 1 amide bonds. The number of nitriles is 1. The van der Waals surface area contributed by atoms with Gasteiger partial charge in [-0.25, -0.2) is 13.1 Å². The predicted octanol–water partition coefficient (Wildman–Crippen LogP) is 1.69. The Morgan fingerprint density at radius 3 is 2.71 bits per heavy atom. The first kappa shape index (κ1) is 17.4. The Labute approximate surface area is 128 Å². The van der Waals surface area contributed by atoms with Gasteiger partial charge in [0.1, 0.15) is 6.07 Å². The molecule has 21 heavy (non-hydrogen) atoms.